The molecule has 1 unspecified atom stereocenters. The second kappa shape index (κ2) is 5.05. The van der Waals surface area contributed by atoms with Crippen molar-refractivity contribution in [3.63, 3.8) is 0 Å². The Labute approximate surface area is 125 Å². The molecule has 0 radical (unpaired) electrons. The summed E-state index contributed by atoms with van der Waals surface area (Å²) < 4.78 is 2.52. The molecule has 5 heteroatoms. The van der Waals surface area contributed by atoms with Crippen LogP contribution < -0.4 is 11.3 Å². The van der Waals surface area contributed by atoms with Crippen molar-refractivity contribution in [2.24, 2.45) is 5.73 Å². The van der Waals surface area contributed by atoms with Crippen molar-refractivity contribution in [1.29, 1.82) is 0 Å². The monoisotopic (exact) mass is 304 g/mol. The lowest BCUT2D eigenvalue weighted by Gasteiger charge is -2.16. The van der Waals surface area contributed by atoms with E-state index in [9.17, 15) is 4.79 Å². The maximum Gasteiger partial charge on any atom is 0.265 e. The Morgan fingerprint density at radius 3 is 2.65 bits per heavy atom. The normalized spacial score (nSPS) is 12.8. The van der Waals surface area contributed by atoms with Gasteiger partial charge < -0.3 is 5.73 Å². The van der Waals surface area contributed by atoms with Gasteiger partial charge in [-0.25, -0.2) is 0 Å². The Balaban J connectivity index is 2.45. The zero-order valence-corrected chi connectivity index (χ0v) is 12.4. The molecule has 3 rings (SSSR count). The first-order chi connectivity index (χ1) is 9.59. The first-order valence-electron chi connectivity index (χ1n) is 6.23. The van der Waals surface area contributed by atoms with E-state index in [0.717, 1.165) is 16.1 Å². The Kier molecular flexibility index (Phi) is 3.38. The number of aromatic nitrogens is 1. The van der Waals surface area contributed by atoms with Crippen LogP contribution in [0.15, 0.2) is 46.6 Å². The molecular formula is C15H13ClN2OS. The Hall–Kier alpha value is -1.62. The number of rotatable bonds is 2. The molecule has 2 heterocycles. The van der Waals surface area contributed by atoms with Gasteiger partial charge in [-0.1, -0.05) is 29.8 Å². The second-order valence-corrected chi connectivity index (χ2v) is 5.98. The zero-order valence-electron chi connectivity index (χ0n) is 10.8. The summed E-state index contributed by atoms with van der Waals surface area (Å²) in [5, 5.41) is 2.84. The average Bonchev–Trinajstić information content (AvgIpc) is 2.81. The summed E-state index contributed by atoms with van der Waals surface area (Å²) in [5.41, 5.74) is 7.50. The number of thiophene rings is 1. The van der Waals surface area contributed by atoms with Crippen molar-refractivity contribution in [3.8, 4) is 5.69 Å². The Bertz CT molecular complexity index is 821. The lowest BCUT2D eigenvalue weighted by Crippen LogP contribution is -2.25. The van der Waals surface area contributed by atoms with Gasteiger partial charge in [-0.15, -0.1) is 11.3 Å². The van der Waals surface area contributed by atoms with Gasteiger partial charge in [-0.05, 0) is 25.1 Å². The molecule has 0 saturated carbocycles. The number of hydrogen-bond donors (Lipinski definition) is 1. The summed E-state index contributed by atoms with van der Waals surface area (Å²) >= 11 is 7.60. The standard InChI is InChI=1S/C15H13ClN2OS/c1-9(17)12-7-13-14(11(16)8-20-13)15(19)18(12)10-5-3-2-4-6-10/h2-9H,17H2,1H3. The van der Waals surface area contributed by atoms with Crippen molar-refractivity contribution in [2.75, 3.05) is 0 Å². The molecule has 1 aromatic carbocycles. The van der Waals surface area contributed by atoms with E-state index in [1.54, 1.807) is 9.95 Å². The van der Waals surface area contributed by atoms with Gasteiger partial charge in [0.2, 0.25) is 0 Å². The Morgan fingerprint density at radius 1 is 1.30 bits per heavy atom. The van der Waals surface area contributed by atoms with Gasteiger partial charge in [0.05, 0.1) is 10.4 Å². The van der Waals surface area contributed by atoms with E-state index < -0.39 is 0 Å². The molecule has 0 amide bonds. The molecule has 2 N–H and O–H groups in total. The molecule has 3 aromatic rings. The number of nitrogens with zero attached hydrogens (tertiary/aromatic N) is 1. The lowest BCUT2D eigenvalue weighted by molar-refractivity contribution is 0.735. The third-order valence-electron chi connectivity index (χ3n) is 3.21. The molecule has 0 fully saturated rings. The van der Waals surface area contributed by atoms with Crippen LogP contribution in [0.2, 0.25) is 5.02 Å². The van der Waals surface area contributed by atoms with E-state index in [1.165, 1.54) is 11.3 Å². The van der Waals surface area contributed by atoms with Crippen molar-refractivity contribution in [2.45, 2.75) is 13.0 Å². The third kappa shape index (κ3) is 2.06. The van der Waals surface area contributed by atoms with Crippen LogP contribution in [0.3, 0.4) is 0 Å². The van der Waals surface area contributed by atoms with Crippen LogP contribution in [0, 0.1) is 0 Å². The summed E-state index contributed by atoms with van der Waals surface area (Å²) in [7, 11) is 0. The van der Waals surface area contributed by atoms with E-state index in [0.29, 0.717) is 10.4 Å². The van der Waals surface area contributed by atoms with Crippen molar-refractivity contribution in [3.05, 3.63) is 62.8 Å². The van der Waals surface area contributed by atoms with E-state index in [-0.39, 0.29) is 11.6 Å². The van der Waals surface area contributed by atoms with Crippen LogP contribution >= 0.6 is 22.9 Å². The fourth-order valence-electron chi connectivity index (χ4n) is 2.27. The maximum atomic E-state index is 12.8. The summed E-state index contributed by atoms with van der Waals surface area (Å²) in [5.74, 6) is 0. The summed E-state index contributed by atoms with van der Waals surface area (Å²) in [6, 6.07) is 11.2. The molecule has 0 aliphatic heterocycles. The fourth-order valence-corrected chi connectivity index (χ4v) is 3.50. The van der Waals surface area contributed by atoms with E-state index in [2.05, 4.69) is 0 Å². The van der Waals surface area contributed by atoms with E-state index in [4.69, 9.17) is 17.3 Å². The minimum absolute atomic E-state index is 0.118. The lowest BCUT2D eigenvalue weighted by atomic mass is 10.1. The average molecular weight is 305 g/mol. The topological polar surface area (TPSA) is 48.0 Å². The number of halogens is 1. The summed E-state index contributed by atoms with van der Waals surface area (Å²) in [6.07, 6.45) is 0. The molecule has 20 heavy (non-hydrogen) atoms. The zero-order chi connectivity index (χ0) is 14.3. The first-order valence-corrected chi connectivity index (χ1v) is 7.49. The minimum Gasteiger partial charge on any atom is -0.323 e. The van der Waals surface area contributed by atoms with Gasteiger partial charge in [0.15, 0.2) is 0 Å². The van der Waals surface area contributed by atoms with Gasteiger partial charge in [0.25, 0.3) is 5.56 Å². The number of hydrogen-bond acceptors (Lipinski definition) is 3. The largest absolute Gasteiger partial charge is 0.323 e. The Morgan fingerprint density at radius 2 is 2.00 bits per heavy atom. The summed E-state index contributed by atoms with van der Waals surface area (Å²) in [4.78, 5) is 12.8. The highest BCUT2D eigenvalue weighted by atomic mass is 35.5. The van der Waals surface area contributed by atoms with Gasteiger partial charge in [0.1, 0.15) is 0 Å². The highest BCUT2D eigenvalue weighted by Gasteiger charge is 2.16. The molecule has 102 valence electrons. The second-order valence-electron chi connectivity index (χ2n) is 4.66. The van der Waals surface area contributed by atoms with Gasteiger partial charge in [-0.2, -0.15) is 0 Å². The van der Waals surface area contributed by atoms with Crippen LogP contribution in [-0.2, 0) is 0 Å². The number of para-hydroxylation sites is 1. The predicted octanol–water partition coefficient (Wildman–Crippen LogP) is 3.73. The van der Waals surface area contributed by atoms with Crippen molar-refractivity contribution in [1.82, 2.24) is 4.57 Å². The smallest absolute Gasteiger partial charge is 0.265 e. The molecule has 0 aliphatic carbocycles. The third-order valence-corrected chi connectivity index (χ3v) is 4.57. The van der Waals surface area contributed by atoms with Crippen molar-refractivity contribution >= 4 is 33.0 Å². The number of nitrogens with two attached hydrogens (primary N) is 1. The van der Waals surface area contributed by atoms with Crippen LogP contribution in [0.25, 0.3) is 15.8 Å². The highest BCUT2D eigenvalue weighted by molar-refractivity contribution is 7.17. The van der Waals surface area contributed by atoms with Gasteiger partial charge in [-0.3, -0.25) is 9.36 Å². The molecule has 0 spiro atoms. The van der Waals surface area contributed by atoms with Crippen LogP contribution in [-0.4, -0.2) is 4.57 Å². The molecule has 0 aliphatic rings. The molecule has 3 nitrogen and oxygen atoms in total. The molecule has 1 atom stereocenters. The predicted molar refractivity (Wildman–Crippen MR) is 85.0 cm³/mol. The van der Waals surface area contributed by atoms with E-state index >= 15 is 0 Å². The van der Waals surface area contributed by atoms with Crippen LogP contribution in [0.5, 0.6) is 0 Å². The number of pyridine rings is 1. The molecule has 0 bridgehead atoms. The van der Waals surface area contributed by atoms with Crippen LogP contribution in [0.4, 0.5) is 0 Å². The number of fused-ring (bicyclic) bond motifs is 1. The summed E-state index contributed by atoms with van der Waals surface area (Å²) in [6.45, 7) is 1.87. The first kappa shape index (κ1) is 13.4. The maximum absolute atomic E-state index is 12.8. The van der Waals surface area contributed by atoms with Gasteiger partial charge >= 0.3 is 0 Å². The molecule has 0 saturated heterocycles. The SMILES string of the molecule is CC(N)c1cc2scc(Cl)c2c(=O)n1-c1ccccc1. The number of benzene rings is 1. The fraction of sp³-hybridized carbons (Fsp3) is 0.133. The van der Waals surface area contributed by atoms with E-state index in [1.807, 2.05) is 43.3 Å². The van der Waals surface area contributed by atoms with Gasteiger partial charge in [0, 0.05) is 27.5 Å². The van der Waals surface area contributed by atoms with Crippen molar-refractivity contribution < 1.29 is 0 Å². The highest BCUT2D eigenvalue weighted by Crippen LogP contribution is 2.29. The molecular weight excluding hydrogens is 292 g/mol. The minimum atomic E-state index is -0.242. The van der Waals surface area contributed by atoms with Crippen LogP contribution in [0.1, 0.15) is 18.7 Å². The quantitative estimate of drug-likeness (QED) is 0.784. The molecule has 2 aromatic heterocycles.